The number of hydrogen-bond donors (Lipinski definition) is 0. The van der Waals surface area contributed by atoms with Crippen molar-refractivity contribution in [2.75, 3.05) is 46.9 Å². The van der Waals surface area contributed by atoms with Crippen LogP contribution in [-0.4, -0.2) is 97.6 Å². The Balaban J connectivity index is 1.58. The molecule has 1 aromatic carbocycles. The molecule has 0 aliphatic carbocycles. The predicted molar refractivity (Wildman–Crippen MR) is 179 cm³/mol. The van der Waals surface area contributed by atoms with E-state index in [1.807, 2.05) is 47.0 Å². The van der Waals surface area contributed by atoms with Crippen molar-refractivity contribution >= 4 is 94.4 Å². The van der Waals surface area contributed by atoms with Gasteiger partial charge < -0.3 is 18.9 Å². The van der Waals surface area contributed by atoms with E-state index in [4.69, 9.17) is 18.9 Å². The van der Waals surface area contributed by atoms with Crippen LogP contribution in [0.3, 0.4) is 0 Å². The lowest BCUT2D eigenvalue weighted by molar-refractivity contribution is -0.145. The van der Waals surface area contributed by atoms with Gasteiger partial charge in [0.1, 0.15) is 18.8 Å². The molecule has 3 atom stereocenters. The number of benzene rings is 1. The summed E-state index contributed by atoms with van der Waals surface area (Å²) >= 11 is 10.6. The van der Waals surface area contributed by atoms with Gasteiger partial charge in [-0.3, -0.25) is 0 Å². The Bertz CT molecular complexity index is 1090. The molecule has 0 aromatic heterocycles. The third-order valence-electron chi connectivity index (χ3n) is 5.59. The lowest BCUT2D eigenvalue weighted by atomic mass is 10.1. The fraction of sp³-hybridized carbons (Fsp3) is 0.500. The molecule has 1 aromatic rings. The van der Waals surface area contributed by atoms with Crippen molar-refractivity contribution in [3.05, 3.63) is 60.7 Å². The Morgan fingerprint density at radius 1 is 0.881 bits per heavy atom. The van der Waals surface area contributed by atoms with Crippen molar-refractivity contribution < 1.29 is 38.1 Å². The van der Waals surface area contributed by atoms with Gasteiger partial charge in [-0.1, -0.05) is 19.2 Å². The van der Waals surface area contributed by atoms with E-state index in [0.717, 1.165) is 40.9 Å². The van der Waals surface area contributed by atoms with Gasteiger partial charge >= 0.3 is 23.9 Å². The van der Waals surface area contributed by atoms with E-state index < -0.39 is 41.5 Å². The molecule has 2 aliphatic heterocycles. The van der Waals surface area contributed by atoms with Crippen LogP contribution in [-0.2, 0) is 28.5 Å². The first-order valence-corrected chi connectivity index (χ1v) is 19.5. The molecule has 0 bridgehead atoms. The van der Waals surface area contributed by atoms with Crippen LogP contribution in [0.1, 0.15) is 27.6 Å². The van der Waals surface area contributed by atoms with Crippen molar-refractivity contribution in [2.45, 2.75) is 33.7 Å². The van der Waals surface area contributed by atoms with Crippen molar-refractivity contribution in [1.82, 2.24) is 0 Å². The van der Waals surface area contributed by atoms with E-state index >= 15 is 0 Å². The Labute approximate surface area is 272 Å². The molecule has 2 aliphatic rings. The average molecular weight is 691 g/mol. The van der Waals surface area contributed by atoms with Crippen LogP contribution in [0, 0.1) is 0 Å². The third kappa shape index (κ3) is 12.4. The zero-order valence-corrected chi connectivity index (χ0v) is 28.0. The summed E-state index contributed by atoms with van der Waals surface area (Å²) in [5.74, 6) is 3.98. The second-order valence-electron chi connectivity index (χ2n) is 8.78. The first kappa shape index (κ1) is 35.2. The first-order chi connectivity index (χ1) is 20.3. The number of rotatable bonds is 17. The highest BCUT2D eigenvalue weighted by Crippen LogP contribution is 2.36. The van der Waals surface area contributed by atoms with Crippen LogP contribution < -0.4 is 0 Å². The van der Waals surface area contributed by atoms with E-state index in [1.54, 1.807) is 24.8 Å². The molecule has 42 heavy (non-hydrogen) atoms. The van der Waals surface area contributed by atoms with Gasteiger partial charge in [0.2, 0.25) is 0 Å². The highest BCUT2D eigenvalue weighted by atomic mass is 32.2. The highest BCUT2D eigenvalue weighted by Gasteiger charge is 2.28. The Morgan fingerprint density at radius 2 is 1.45 bits per heavy atom. The number of thioether (sulfide) groups is 6. The second-order valence-corrected chi connectivity index (χ2v) is 16.8. The summed E-state index contributed by atoms with van der Waals surface area (Å²) in [6.45, 7) is 8.38. The maximum absolute atomic E-state index is 13.1. The van der Waals surface area contributed by atoms with E-state index in [-0.39, 0.29) is 17.7 Å². The van der Waals surface area contributed by atoms with E-state index in [1.165, 1.54) is 30.0 Å². The van der Waals surface area contributed by atoms with Gasteiger partial charge in [0.25, 0.3) is 0 Å². The summed E-state index contributed by atoms with van der Waals surface area (Å²) in [6.07, 6.45) is 0.788. The minimum Gasteiger partial charge on any atom is -0.458 e. The molecule has 2 fully saturated rings. The first-order valence-electron chi connectivity index (χ1n) is 13.1. The summed E-state index contributed by atoms with van der Waals surface area (Å²) in [7, 11) is 0. The maximum atomic E-state index is 13.1. The molecular weight excluding hydrogens is 657 g/mol. The lowest BCUT2D eigenvalue weighted by Crippen LogP contribution is -2.31. The third-order valence-corrected chi connectivity index (χ3v) is 15.0. The lowest BCUT2D eigenvalue weighted by Gasteiger charge is -2.24. The Morgan fingerprint density at radius 3 is 2.07 bits per heavy atom. The molecule has 0 spiro atoms. The van der Waals surface area contributed by atoms with Crippen molar-refractivity contribution in [1.29, 1.82) is 0 Å². The van der Waals surface area contributed by atoms with Crippen molar-refractivity contribution in [3.8, 4) is 0 Å². The zero-order chi connectivity index (χ0) is 30.3. The maximum Gasteiger partial charge on any atom is 0.339 e. The van der Waals surface area contributed by atoms with Gasteiger partial charge in [0.05, 0.1) is 20.3 Å². The number of ether oxygens (including phenoxy) is 4. The molecule has 0 saturated carbocycles. The minimum absolute atomic E-state index is 0.132. The van der Waals surface area contributed by atoms with Gasteiger partial charge in [-0.2, -0.15) is 11.8 Å². The molecule has 0 N–H and O–H groups in total. The zero-order valence-electron chi connectivity index (χ0n) is 23.1. The topological polar surface area (TPSA) is 105 Å². The standard InChI is InChI=1S/C28H34O8S6/c1-4-22(29)34-18(3)28(42-17-25-40-11-12-41-25)36-27(32)20-8-6-7-19(13-20)26(31)33-14-21(35-23(30)5-2)15-37-16-24-38-9-10-39-24/h4-8,13,18,21,24-25,28H,1-2,9-12,14-17H2,3H3. The molecule has 2 saturated heterocycles. The van der Waals surface area contributed by atoms with E-state index in [9.17, 15) is 19.2 Å². The molecule has 230 valence electrons. The van der Waals surface area contributed by atoms with Crippen molar-refractivity contribution in [2.24, 2.45) is 0 Å². The molecule has 0 radical (unpaired) electrons. The quantitative estimate of drug-likeness (QED) is 0.0874. The fourth-order valence-corrected chi connectivity index (χ4v) is 12.2. The molecular formula is C28H34O8S6. The van der Waals surface area contributed by atoms with Gasteiger partial charge in [-0.25, -0.2) is 19.2 Å². The van der Waals surface area contributed by atoms with Crippen LogP contribution in [0.5, 0.6) is 0 Å². The molecule has 14 heteroatoms. The summed E-state index contributed by atoms with van der Waals surface area (Å²) in [5.41, 5.74) is -0.449. The van der Waals surface area contributed by atoms with Crippen LogP contribution in [0.4, 0.5) is 0 Å². The number of carbonyl (C=O) groups is 4. The summed E-state index contributed by atoms with van der Waals surface area (Å²) in [6, 6.07) is 6.02. The van der Waals surface area contributed by atoms with Gasteiger partial charge in [-0.15, -0.1) is 58.8 Å². The van der Waals surface area contributed by atoms with Crippen LogP contribution >= 0.6 is 70.6 Å². The predicted octanol–water partition coefficient (Wildman–Crippen LogP) is 5.62. The number of esters is 4. The summed E-state index contributed by atoms with van der Waals surface area (Å²) in [5, 5.41) is 0. The molecule has 3 rings (SSSR count). The summed E-state index contributed by atoms with van der Waals surface area (Å²) in [4.78, 5) is 49.6. The van der Waals surface area contributed by atoms with Crippen LogP contribution in [0.2, 0.25) is 0 Å². The monoisotopic (exact) mass is 690 g/mol. The van der Waals surface area contributed by atoms with E-state index in [2.05, 4.69) is 13.2 Å². The normalized spacial score (nSPS) is 17.5. The average Bonchev–Trinajstić information content (AvgIpc) is 3.72. The van der Waals surface area contributed by atoms with Crippen molar-refractivity contribution in [3.63, 3.8) is 0 Å². The molecule has 2 heterocycles. The highest BCUT2D eigenvalue weighted by molar-refractivity contribution is 8.21. The Hall–Kier alpha value is -1.32. The van der Waals surface area contributed by atoms with Gasteiger partial charge in [0.15, 0.2) is 5.44 Å². The number of hydrogen-bond acceptors (Lipinski definition) is 14. The number of carbonyl (C=O) groups excluding carboxylic acids is 4. The van der Waals surface area contributed by atoms with Gasteiger partial charge in [0, 0.05) is 52.4 Å². The largest absolute Gasteiger partial charge is 0.458 e. The Kier molecular flexibility index (Phi) is 16.0. The van der Waals surface area contributed by atoms with Crippen LogP contribution in [0.15, 0.2) is 49.6 Å². The molecule has 0 amide bonds. The smallest absolute Gasteiger partial charge is 0.339 e. The minimum atomic E-state index is -0.752. The molecule has 3 unspecified atom stereocenters. The fourth-order valence-electron chi connectivity index (χ4n) is 3.56. The van der Waals surface area contributed by atoms with Gasteiger partial charge in [-0.05, 0) is 25.1 Å². The van der Waals surface area contributed by atoms with Crippen LogP contribution in [0.25, 0.3) is 0 Å². The summed E-state index contributed by atoms with van der Waals surface area (Å²) < 4.78 is 22.8. The second kappa shape index (κ2) is 19.1. The van der Waals surface area contributed by atoms with E-state index in [0.29, 0.717) is 20.7 Å². The molecule has 8 nitrogen and oxygen atoms in total. The SMILES string of the molecule is C=CC(=O)OC(COC(=O)c1cccc(C(=O)OC(SCC2SCCS2)C(C)OC(=O)C=C)c1)CSCC1SCCS1.